The molecule has 4 heterocycles. The minimum atomic E-state index is -3.79. The molecule has 0 saturated carbocycles. The first-order valence-electron chi connectivity index (χ1n) is 9.33. The van der Waals surface area contributed by atoms with Crippen LogP contribution in [0.2, 0.25) is 0 Å². The molecule has 0 radical (unpaired) electrons. The third-order valence-corrected chi connectivity index (χ3v) is 8.44. The van der Waals surface area contributed by atoms with Crippen molar-refractivity contribution in [3.63, 3.8) is 0 Å². The van der Waals surface area contributed by atoms with Gasteiger partial charge in [0.2, 0.25) is 10.0 Å². The minimum Gasteiger partial charge on any atom is -0.282 e. The van der Waals surface area contributed by atoms with E-state index in [1.54, 1.807) is 40.3 Å². The molecular formula is C21H20N4O2S2. The molecule has 0 saturated heterocycles. The topological polar surface area (TPSA) is 79.0 Å². The third-order valence-electron chi connectivity index (χ3n) is 5.69. The molecule has 0 fully saturated rings. The molecule has 8 heteroatoms. The van der Waals surface area contributed by atoms with E-state index in [0.717, 1.165) is 21.8 Å². The molecule has 2 aliphatic heterocycles. The number of sulfonamides is 1. The molecule has 0 amide bonds. The van der Waals surface area contributed by atoms with Crippen LogP contribution >= 0.6 is 11.3 Å². The molecule has 0 spiro atoms. The lowest BCUT2D eigenvalue weighted by atomic mass is 9.77. The van der Waals surface area contributed by atoms with E-state index in [1.807, 2.05) is 44.2 Å². The summed E-state index contributed by atoms with van der Waals surface area (Å²) in [5, 5.41) is 7.34. The molecule has 2 bridgehead atoms. The van der Waals surface area contributed by atoms with Crippen LogP contribution in [0.3, 0.4) is 0 Å². The molecule has 2 aliphatic rings. The summed E-state index contributed by atoms with van der Waals surface area (Å²) in [5.41, 5.74) is 4.04. The van der Waals surface area contributed by atoms with Crippen LogP contribution in [-0.2, 0) is 15.4 Å². The predicted molar refractivity (Wildman–Crippen MR) is 111 cm³/mol. The Morgan fingerprint density at radius 3 is 2.41 bits per heavy atom. The molecule has 1 aromatic carbocycles. The Bertz CT molecular complexity index is 1220. The van der Waals surface area contributed by atoms with Gasteiger partial charge >= 0.3 is 0 Å². The van der Waals surface area contributed by atoms with Crippen molar-refractivity contribution >= 4 is 21.4 Å². The molecule has 1 N–H and O–H groups in total. The molecule has 3 aromatic rings. The van der Waals surface area contributed by atoms with Gasteiger partial charge in [-0.15, -0.1) is 11.3 Å². The number of rotatable bonds is 2. The van der Waals surface area contributed by atoms with E-state index >= 15 is 0 Å². The van der Waals surface area contributed by atoms with Gasteiger partial charge in [-0.3, -0.25) is 5.10 Å². The van der Waals surface area contributed by atoms with Gasteiger partial charge < -0.3 is 0 Å². The lowest BCUT2D eigenvalue weighted by Gasteiger charge is -2.43. The van der Waals surface area contributed by atoms with Crippen molar-refractivity contribution in [2.45, 2.75) is 36.2 Å². The summed E-state index contributed by atoms with van der Waals surface area (Å²) in [6.07, 6.45) is 1.75. The summed E-state index contributed by atoms with van der Waals surface area (Å²) in [7, 11) is -3.79. The standard InChI is InChI=1S/C21H20N4O2S2/c1-21(2)19-15(12-23-24-19)17-18-16(22-13-28-18)20(21)25(17)29(26,27)14-10-8-6-4-3-5-7-9-11-14/h3-13,17,20H,1-2H3,(H,23,24). The zero-order valence-electron chi connectivity index (χ0n) is 16.0. The van der Waals surface area contributed by atoms with E-state index < -0.39 is 27.5 Å². The van der Waals surface area contributed by atoms with Crippen LogP contribution < -0.4 is 0 Å². The second-order valence-electron chi connectivity index (χ2n) is 7.75. The molecule has 148 valence electrons. The monoisotopic (exact) mass is 424 g/mol. The Labute approximate surface area is 173 Å². The number of H-pyrrole nitrogens is 1. The van der Waals surface area contributed by atoms with Gasteiger partial charge in [-0.25, -0.2) is 13.4 Å². The SMILES string of the molecule is CC1(C)c2[nH]ncc2C2c3scnc3C1N2S(=O)(=O)c1ccccccccc1. The Hall–Kier alpha value is -2.55. The van der Waals surface area contributed by atoms with Crippen LogP contribution in [0.4, 0.5) is 0 Å². The molecule has 2 aromatic heterocycles. The highest BCUT2D eigenvalue weighted by molar-refractivity contribution is 7.89. The Kier molecular flexibility index (Phi) is 4.13. The minimum absolute atomic E-state index is 0.251. The Morgan fingerprint density at radius 1 is 1.07 bits per heavy atom. The number of hydrogen-bond donors (Lipinski definition) is 1. The van der Waals surface area contributed by atoms with Gasteiger partial charge in [0.15, 0.2) is 0 Å². The number of fused-ring (bicyclic) bond motifs is 7. The zero-order valence-corrected chi connectivity index (χ0v) is 17.6. The largest absolute Gasteiger partial charge is 0.282 e. The number of aromatic amines is 1. The fourth-order valence-electron chi connectivity index (χ4n) is 4.40. The first-order valence-corrected chi connectivity index (χ1v) is 11.6. The van der Waals surface area contributed by atoms with Crippen LogP contribution in [0.1, 0.15) is 47.8 Å². The summed E-state index contributed by atoms with van der Waals surface area (Å²) in [6.45, 7) is 4.10. The summed E-state index contributed by atoms with van der Waals surface area (Å²) in [6, 6.07) is 15.3. The van der Waals surface area contributed by atoms with Gasteiger partial charge in [-0.1, -0.05) is 56.3 Å². The van der Waals surface area contributed by atoms with Crippen molar-refractivity contribution in [2.24, 2.45) is 0 Å². The summed E-state index contributed by atoms with van der Waals surface area (Å²) < 4.78 is 29.5. The van der Waals surface area contributed by atoms with E-state index in [0.29, 0.717) is 0 Å². The Balaban J connectivity index is 1.75. The first kappa shape index (κ1) is 18.5. The Morgan fingerprint density at radius 2 is 1.72 bits per heavy atom. The highest BCUT2D eigenvalue weighted by Gasteiger charge is 2.59. The van der Waals surface area contributed by atoms with E-state index in [2.05, 4.69) is 15.2 Å². The predicted octanol–water partition coefficient (Wildman–Crippen LogP) is 4.12. The second kappa shape index (κ2) is 6.48. The highest BCUT2D eigenvalue weighted by Crippen LogP contribution is 2.60. The van der Waals surface area contributed by atoms with Crippen molar-refractivity contribution in [2.75, 3.05) is 0 Å². The molecule has 29 heavy (non-hydrogen) atoms. The molecule has 0 aliphatic carbocycles. The van der Waals surface area contributed by atoms with Gasteiger partial charge in [-0.05, 0) is 12.1 Å². The van der Waals surface area contributed by atoms with Crippen molar-refractivity contribution in [3.05, 3.63) is 88.1 Å². The molecular weight excluding hydrogens is 404 g/mol. The average molecular weight is 425 g/mol. The average Bonchev–Trinajstić information content (AvgIpc) is 3.39. The smallest absolute Gasteiger partial charge is 0.244 e. The molecule has 5 rings (SSSR count). The lowest BCUT2D eigenvalue weighted by Crippen LogP contribution is -2.46. The van der Waals surface area contributed by atoms with Crippen LogP contribution in [0, 0.1) is 0 Å². The molecule has 2 atom stereocenters. The van der Waals surface area contributed by atoms with E-state index in [4.69, 9.17) is 0 Å². The van der Waals surface area contributed by atoms with Gasteiger partial charge in [0.1, 0.15) is 0 Å². The van der Waals surface area contributed by atoms with Crippen LogP contribution in [0.25, 0.3) is 0 Å². The van der Waals surface area contributed by atoms with Gasteiger partial charge in [0.05, 0.1) is 39.3 Å². The number of nitrogens with one attached hydrogen (secondary N) is 1. The van der Waals surface area contributed by atoms with Crippen molar-refractivity contribution in [1.29, 1.82) is 0 Å². The van der Waals surface area contributed by atoms with Crippen molar-refractivity contribution in [3.8, 4) is 0 Å². The summed E-state index contributed by atoms with van der Waals surface area (Å²) >= 11 is 1.51. The first-order chi connectivity index (χ1) is 13.9. The van der Waals surface area contributed by atoms with Crippen LogP contribution in [-0.4, -0.2) is 27.9 Å². The lowest BCUT2D eigenvalue weighted by molar-refractivity contribution is 0.195. The number of hydrogen-bond acceptors (Lipinski definition) is 5. The number of aromatic nitrogens is 3. The quantitative estimate of drug-likeness (QED) is 0.671. The zero-order chi connectivity index (χ0) is 20.2. The van der Waals surface area contributed by atoms with Crippen LogP contribution in [0.15, 0.2) is 71.2 Å². The van der Waals surface area contributed by atoms with Crippen LogP contribution in [0.5, 0.6) is 0 Å². The normalized spacial score (nSPS) is 21.9. The third kappa shape index (κ3) is 2.59. The van der Waals surface area contributed by atoms with Gasteiger partial charge in [0.25, 0.3) is 0 Å². The van der Waals surface area contributed by atoms with Crippen molar-refractivity contribution < 1.29 is 8.42 Å². The fraction of sp³-hybridized carbons (Fsp3) is 0.238. The fourth-order valence-corrected chi connectivity index (χ4v) is 7.28. The van der Waals surface area contributed by atoms with Crippen molar-refractivity contribution in [1.82, 2.24) is 19.5 Å². The number of thiazole rings is 1. The van der Waals surface area contributed by atoms with Gasteiger partial charge in [0, 0.05) is 16.7 Å². The molecule has 2 unspecified atom stereocenters. The van der Waals surface area contributed by atoms with E-state index in [-0.39, 0.29) is 4.90 Å². The number of nitrogens with zero attached hydrogens (tertiary/aromatic N) is 3. The maximum Gasteiger partial charge on any atom is 0.244 e. The molecule has 6 nitrogen and oxygen atoms in total. The van der Waals surface area contributed by atoms with Gasteiger partial charge in [-0.2, -0.15) is 9.40 Å². The highest BCUT2D eigenvalue weighted by atomic mass is 32.2. The van der Waals surface area contributed by atoms with E-state index in [9.17, 15) is 8.42 Å². The summed E-state index contributed by atoms with van der Waals surface area (Å²) in [4.78, 5) is 5.81. The summed E-state index contributed by atoms with van der Waals surface area (Å²) in [5.74, 6) is 0. The maximum absolute atomic E-state index is 13.9. The maximum atomic E-state index is 13.9. The van der Waals surface area contributed by atoms with E-state index in [1.165, 1.54) is 11.3 Å². The second-order valence-corrected chi connectivity index (χ2v) is 10.5.